The highest BCUT2D eigenvalue weighted by atomic mass is 35.5. The van der Waals surface area contributed by atoms with E-state index in [2.05, 4.69) is 10.3 Å². The Morgan fingerprint density at radius 2 is 1.77 bits per heavy atom. The lowest BCUT2D eigenvalue weighted by molar-refractivity contribution is -0.141. The van der Waals surface area contributed by atoms with Gasteiger partial charge in [0.1, 0.15) is 17.0 Å². The van der Waals surface area contributed by atoms with Crippen molar-refractivity contribution in [3.63, 3.8) is 0 Å². The molecule has 7 heteroatoms. The zero-order valence-electron chi connectivity index (χ0n) is 13.9. The smallest absolute Gasteiger partial charge is 0.433 e. The van der Waals surface area contributed by atoms with Crippen LogP contribution in [-0.2, 0) is 19.3 Å². The lowest BCUT2D eigenvalue weighted by Crippen LogP contribution is -2.13. The van der Waals surface area contributed by atoms with Gasteiger partial charge in [-0.05, 0) is 36.2 Å². The second-order valence-electron chi connectivity index (χ2n) is 6.02. The van der Waals surface area contributed by atoms with Crippen LogP contribution in [-0.4, -0.2) is 10.1 Å². The SMILES string of the molecule is Cc1cc(C(F)(F)F)nc2c(O)c(CNCc3ccc(Cl)cc3)ccc12. The second kappa shape index (κ2) is 7.13. The van der Waals surface area contributed by atoms with Crippen LogP contribution in [0.1, 0.15) is 22.4 Å². The van der Waals surface area contributed by atoms with Crippen molar-refractivity contribution in [2.24, 2.45) is 0 Å². The van der Waals surface area contributed by atoms with Crippen molar-refractivity contribution in [3.8, 4) is 5.75 Å². The number of nitrogens with zero attached hydrogens (tertiary/aromatic N) is 1. The van der Waals surface area contributed by atoms with Gasteiger partial charge in [-0.25, -0.2) is 4.98 Å². The minimum Gasteiger partial charge on any atom is -0.505 e. The summed E-state index contributed by atoms with van der Waals surface area (Å²) < 4.78 is 38.9. The quantitative estimate of drug-likeness (QED) is 0.653. The fourth-order valence-electron chi connectivity index (χ4n) is 2.72. The Hall–Kier alpha value is -2.31. The van der Waals surface area contributed by atoms with Crippen LogP contribution in [0.4, 0.5) is 13.2 Å². The molecule has 3 nitrogen and oxygen atoms in total. The molecule has 0 aliphatic carbocycles. The zero-order chi connectivity index (χ0) is 18.9. The summed E-state index contributed by atoms with van der Waals surface area (Å²) in [7, 11) is 0. The first kappa shape index (κ1) is 18.5. The number of hydrogen-bond donors (Lipinski definition) is 2. The third-order valence-corrected chi connectivity index (χ3v) is 4.35. The maximum atomic E-state index is 13.0. The number of hydrogen-bond acceptors (Lipinski definition) is 3. The Balaban J connectivity index is 1.85. The van der Waals surface area contributed by atoms with Gasteiger partial charge >= 0.3 is 6.18 Å². The van der Waals surface area contributed by atoms with Crippen molar-refractivity contribution >= 4 is 22.5 Å². The van der Waals surface area contributed by atoms with E-state index >= 15 is 0 Å². The van der Waals surface area contributed by atoms with Crippen LogP contribution in [0, 0.1) is 6.92 Å². The number of nitrogens with one attached hydrogen (secondary N) is 1. The Morgan fingerprint density at radius 1 is 1.08 bits per heavy atom. The number of aromatic hydroxyl groups is 1. The van der Waals surface area contributed by atoms with E-state index in [1.807, 2.05) is 12.1 Å². The molecule has 0 saturated heterocycles. The maximum Gasteiger partial charge on any atom is 0.433 e. The van der Waals surface area contributed by atoms with Crippen LogP contribution in [0.3, 0.4) is 0 Å². The van der Waals surface area contributed by atoms with Crippen LogP contribution in [0.25, 0.3) is 10.9 Å². The Kier molecular flexibility index (Phi) is 5.07. The molecule has 3 aromatic rings. The Labute approximate surface area is 153 Å². The highest BCUT2D eigenvalue weighted by Crippen LogP contribution is 2.34. The summed E-state index contributed by atoms with van der Waals surface area (Å²) in [6.07, 6.45) is -4.56. The van der Waals surface area contributed by atoms with Gasteiger partial charge in [0.05, 0.1) is 0 Å². The monoisotopic (exact) mass is 380 g/mol. The number of aryl methyl sites for hydroxylation is 1. The summed E-state index contributed by atoms with van der Waals surface area (Å²) in [6, 6.07) is 11.6. The highest BCUT2D eigenvalue weighted by molar-refractivity contribution is 6.30. The fraction of sp³-hybridized carbons (Fsp3) is 0.211. The number of alkyl halides is 3. The van der Waals surface area contributed by atoms with E-state index in [1.54, 1.807) is 31.2 Å². The molecule has 136 valence electrons. The van der Waals surface area contributed by atoms with Crippen LogP contribution in [0.15, 0.2) is 42.5 Å². The molecule has 3 rings (SSSR count). The van der Waals surface area contributed by atoms with Crippen molar-refractivity contribution < 1.29 is 18.3 Å². The molecule has 0 bridgehead atoms. The van der Waals surface area contributed by atoms with Crippen LogP contribution >= 0.6 is 11.6 Å². The molecule has 0 fully saturated rings. The van der Waals surface area contributed by atoms with Gasteiger partial charge in [-0.1, -0.05) is 35.9 Å². The molecule has 2 aromatic carbocycles. The van der Waals surface area contributed by atoms with Gasteiger partial charge in [0.2, 0.25) is 0 Å². The first-order valence-corrected chi connectivity index (χ1v) is 8.28. The van der Waals surface area contributed by atoms with Crippen LogP contribution < -0.4 is 5.32 Å². The number of phenolic OH excluding ortho intramolecular Hbond substituents is 1. The molecule has 0 saturated carbocycles. The molecule has 0 unspecified atom stereocenters. The van der Waals surface area contributed by atoms with Gasteiger partial charge < -0.3 is 10.4 Å². The van der Waals surface area contributed by atoms with E-state index < -0.39 is 11.9 Å². The van der Waals surface area contributed by atoms with E-state index in [9.17, 15) is 18.3 Å². The summed E-state index contributed by atoms with van der Waals surface area (Å²) in [5.74, 6) is -0.236. The number of phenols is 1. The third-order valence-electron chi connectivity index (χ3n) is 4.09. The predicted molar refractivity (Wildman–Crippen MR) is 95.1 cm³/mol. The molecule has 0 atom stereocenters. The maximum absolute atomic E-state index is 13.0. The molecular formula is C19H16ClF3N2O. The topological polar surface area (TPSA) is 45.2 Å². The van der Waals surface area contributed by atoms with Crippen molar-refractivity contribution in [1.29, 1.82) is 0 Å². The number of benzene rings is 2. The molecule has 0 aliphatic heterocycles. The first-order chi connectivity index (χ1) is 12.3. The molecule has 0 spiro atoms. The van der Waals surface area contributed by atoms with Gasteiger partial charge in [0.15, 0.2) is 0 Å². The molecular weight excluding hydrogens is 365 g/mol. The van der Waals surface area contributed by atoms with Gasteiger partial charge in [0.25, 0.3) is 0 Å². The average Bonchev–Trinajstić information content (AvgIpc) is 2.58. The number of pyridine rings is 1. The molecule has 1 aromatic heterocycles. The van der Waals surface area contributed by atoms with Gasteiger partial charge in [-0.15, -0.1) is 0 Å². The fourth-order valence-corrected chi connectivity index (χ4v) is 2.85. The lowest BCUT2D eigenvalue weighted by atomic mass is 10.0. The molecule has 0 amide bonds. The Morgan fingerprint density at radius 3 is 2.42 bits per heavy atom. The minimum absolute atomic E-state index is 0.0388. The first-order valence-electron chi connectivity index (χ1n) is 7.90. The summed E-state index contributed by atoms with van der Waals surface area (Å²) in [4.78, 5) is 3.63. The van der Waals surface area contributed by atoms with Crippen molar-refractivity contribution in [3.05, 3.63) is 69.9 Å². The standard InChI is InChI=1S/C19H16ClF3N2O/c1-11-8-16(19(21,22)23)25-17-15(11)7-4-13(18(17)26)10-24-9-12-2-5-14(20)6-3-12/h2-8,24,26H,9-10H2,1H3. The lowest BCUT2D eigenvalue weighted by Gasteiger charge is -2.13. The normalized spacial score (nSPS) is 11.9. The average molecular weight is 381 g/mol. The summed E-state index contributed by atoms with van der Waals surface area (Å²) >= 11 is 5.83. The second-order valence-corrected chi connectivity index (χ2v) is 6.46. The van der Waals surface area contributed by atoms with Crippen molar-refractivity contribution in [1.82, 2.24) is 10.3 Å². The van der Waals surface area contributed by atoms with E-state index in [1.165, 1.54) is 0 Å². The van der Waals surface area contributed by atoms with Gasteiger partial charge in [-0.2, -0.15) is 13.2 Å². The predicted octanol–water partition coefficient (Wildman–Crippen LogP) is 5.21. The highest BCUT2D eigenvalue weighted by Gasteiger charge is 2.33. The minimum atomic E-state index is -4.56. The largest absolute Gasteiger partial charge is 0.505 e. The van der Waals surface area contributed by atoms with E-state index in [4.69, 9.17) is 11.6 Å². The molecule has 0 aliphatic rings. The van der Waals surface area contributed by atoms with E-state index in [0.29, 0.717) is 34.6 Å². The zero-order valence-corrected chi connectivity index (χ0v) is 14.6. The molecule has 26 heavy (non-hydrogen) atoms. The third kappa shape index (κ3) is 3.92. The number of halogens is 4. The van der Waals surface area contributed by atoms with Gasteiger partial charge in [0, 0.05) is 29.1 Å². The summed E-state index contributed by atoms with van der Waals surface area (Å²) in [5.41, 5.74) is 0.853. The number of fused-ring (bicyclic) bond motifs is 1. The summed E-state index contributed by atoms with van der Waals surface area (Å²) in [6.45, 7) is 2.39. The number of rotatable bonds is 4. The van der Waals surface area contributed by atoms with Crippen molar-refractivity contribution in [2.75, 3.05) is 0 Å². The van der Waals surface area contributed by atoms with Crippen LogP contribution in [0.5, 0.6) is 5.75 Å². The van der Waals surface area contributed by atoms with Crippen LogP contribution in [0.2, 0.25) is 5.02 Å². The van der Waals surface area contributed by atoms with E-state index in [0.717, 1.165) is 11.6 Å². The Bertz CT molecular complexity index is 940. The number of aromatic nitrogens is 1. The molecule has 0 radical (unpaired) electrons. The summed E-state index contributed by atoms with van der Waals surface area (Å²) in [5, 5.41) is 14.7. The van der Waals surface area contributed by atoms with Gasteiger partial charge in [-0.3, -0.25) is 0 Å². The molecule has 1 heterocycles. The van der Waals surface area contributed by atoms with E-state index in [-0.39, 0.29) is 11.3 Å². The molecule has 2 N–H and O–H groups in total. The van der Waals surface area contributed by atoms with Crippen molar-refractivity contribution in [2.45, 2.75) is 26.2 Å².